The van der Waals surface area contributed by atoms with E-state index in [1.54, 1.807) is 18.2 Å². The first kappa shape index (κ1) is 10.4. The van der Waals surface area contributed by atoms with Crippen LogP contribution in [0.2, 0.25) is 10.0 Å². The Morgan fingerprint density at radius 3 is 2.86 bits per heavy atom. The monoisotopic (exact) mass is 250 g/mol. The van der Waals surface area contributed by atoms with Crippen LogP contribution in [0.15, 0.2) is 23.1 Å². The van der Waals surface area contributed by atoms with E-state index in [1.165, 1.54) is 0 Å². The molecule has 76 valence electrons. The van der Waals surface area contributed by atoms with Crippen LogP contribution in [0.5, 0.6) is 0 Å². The van der Waals surface area contributed by atoms with E-state index in [9.17, 15) is 4.21 Å². The zero-order valence-corrected chi connectivity index (χ0v) is 9.53. The molecule has 0 spiro atoms. The second-order valence-corrected chi connectivity index (χ2v) is 5.35. The summed E-state index contributed by atoms with van der Waals surface area (Å²) in [4.78, 5) is 0.592. The molecule has 1 heterocycles. The lowest BCUT2D eigenvalue weighted by atomic mass is 10.4. The van der Waals surface area contributed by atoms with Gasteiger partial charge in [0.1, 0.15) is 0 Å². The van der Waals surface area contributed by atoms with Gasteiger partial charge >= 0.3 is 0 Å². The molecule has 0 N–H and O–H groups in total. The van der Waals surface area contributed by atoms with Crippen molar-refractivity contribution in [3.05, 3.63) is 28.2 Å². The van der Waals surface area contributed by atoms with E-state index in [1.807, 2.05) is 0 Å². The summed E-state index contributed by atoms with van der Waals surface area (Å²) in [5, 5.41) is 1.04. The van der Waals surface area contributed by atoms with Crippen molar-refractivity contribution in [2.45, 2.75) is 11.0 Å². The van der Waals surface area contributed by atoms with Crippen molar-refractivity contribution in [2.75, 3.05) is 12.4 Å². The average molecular weight is 251 g/mol. The Hall–Kier alpha value is -0.0900. The highest BCUT2D eigenvalue weighted by Gasteiger charge is 2.26. The van der Waals surface area contributed by atoms with Crippen LogP contribution in [0.1, 0.15) is 0 Å². The van der Waals surface area contributed by atoms with Gasteiger partial charge in [0.05, 0.1) is 39.2 Å². The van der Waals surface area contributed by atoms with Crippen LogP contribution in [-0.4, -0.2) is 22.7 Å². The highest BCUT2D eigenvalue weighted by Crippen LogP contribution is 2.25. The van der Waals surface area contributed by atoms with Crippen LogP contribution >= 0.6 is 23.2 Å². The number of ether oxygens (including phenoxy) is 1. The first-order chi connectivity index (χ1) is 6.66. The van der Waals surface area contributed by atoms with E-state index >= 15 is 0 Å². The Labute approximate surface area is 94.6 Å². The molecular weight excluding hydrogens is 243 g/mol. The van der Waals surface area contributed by atoms with Crippen molar-refractivity contribution in [3.8, 4) is 0 Å². The summed E-state index contributed by atoms with van der Waals surface area (Å²) in [5.74, 6) is 0.500. The first-order valence-electron chi connectivity index (χ1n) is 4.12. The third-order valence-corrected chi connectivity index (χ3v) is 4.06. The molecule has 0 aromatic heterocycles. The molecule has 1 aromatic carbocycles. The summed E-state index contributed by atoms with van der Waals surface area (Å²) in [6.45, 7) is 0.698. The maximum absolute atomic E-state index is 11.8. The van der Waals surface area contributed by atoms with Gasteiger partial charge in [-0.1, -0.05) is 23.2 Å². The molecular formula is C9H8Cl2O2S. The first-order valence-corrected chi connectivity index (χ1v) is 6.19. The molecule has 1 saturated heterocycles. The van der Waals surface area contributed by atoms with Gasteiger partial charge in [-0.2, -0.15) is 0 Å². The van der Waals surface area contributed by atoms with E-state index in [0.29, 0.717) is 27.3 Å². The van der Waals surface area contributed by atoms with Gasteiger partial charge in [0.15, 0.2) is 0 Å². The largest absolute Gasteiger partial charge is 0.372 e. The van der Waals surface area contributed by atoms with Crippen LogP contribution in [0.4, 0.5) is 0 Å². The smallest absolute Gasteiger partial charge is 0.0928 e. The Balaban J connectivity index is 2.20. The van der Waals surface area contributed by atoms with Crippen LogP contribution in [0.25, 0.3) is 0 Å². The van der Waals surface area contributed by atoms with Crippen LogP contribution < -0.4 is 0 Å². The second-order valence-electron chi connectivity index (χ2n) is 3.04. The summed E-state index contributed by atoms with van der Waals surface area (Å²) in [7, 11) is -1.11. The molecule has 1 aliphatic rings. The summed E-state index contributed by atoms with van der Waals surface area (Å²) >= 11 is 11.7. The van der Waals surface area contributed by atoms with Gasteiger partial charge in [-0.05, 0) is 18.2 Å². The molecule has 0 bridgehead atoms. The van der Waals surface area contributed by atoms with Gasteiger partial charge in [0.25, 0.3) is 0 Å². The minimum absolute atomic E-state index is 0.130. The molecule has 2 nitrogen and oxygen atoms in total. The molecule has 2 rings (SSSR count). The Bertz CT molecular complexity index is 377. The number of hydrogen-bond donors (Lipinski definition) is 0. The third-order valence-electron chi connectivity index (χ3n) is 1.88. The lowest BCUT2D eigenvalue weighted by molar-refractivity contribution is 0.425. The fourth-order valence-electron chi connectivity index (χ4n) is 1.07. The standard InChI is InChI=1S/C9H8Cl2O2S/c10-6-1-2-8(11)9(3-6)14(12)5-7-4-13-7/h1-3,7H,4-5H2. The minimum Gasteiger partial charge on any atom is -0.372 e. The Morgan fingerprint density at radius 2 is 2.21 bits per heavy atom. The van der Waals surface area contributed by atoms with Gasteiger partial charge in [0, 0.05) is 5.02 Å². The summed E-state index contributed by atoms with van der Waals surface area (Å²) in [6.07, 6.45) is 0.130. The summed E-state index contributed by atoms with van der Waals surface area (Å²) < 4.78 is 16.8. The molecule has 0 saturated carbocycles. The number of epoxide rings is 1. The number of rotatable bonds is 3. The predicted molar refractivity (Wildman–Crippen MR) is 57.5 cm³/mol. The van der Waals surface area contributed by atoms with Crippen molar-refractivity contribution in [1.82, 2.24) is 0 Å². The molecule has 0 radical (unpaired) electrons. The van der Waals surface area contributed by atoms with E-state index in [4.69, 9.17) is 27.9 Å². The molecule has 1 fully saturated rings. The van der Waals surface area contributed by atoms with E-state index in [-0.39, 0.29) is 6.10 Å². The van der Waals surface area contributed by atoms with Crippen LogP contribution in [0, 0.1) is 0 Å². The molecule has 0 amide bonds. The molecule has 2 unspecified atom stereocenters. The van der Waals surface area contributed by atoms with Crippen LogP contribution in [0.3, 0.4) is 0 Å². The van der Waals surface area contributed by atoms with Gasteiger partial charge < -0.3 is 4.74 Å². The number of halogens is 2. The van der Waals surface area contributed by atoms with Crippen molar-refractivity contribution >= 4 is 34.0 Å². The topological polar surface area (TPSA) is 29.6 Å². The van der Waals surface area contributed by atoms with Crippen molar-refractivity contribution in [2.24, 2.45) is 0 Å². The molecule has 2 atom stereocenters. The van der Waals surface area contributed by atoms with Gasteiger partial charge in [0.2, 0.25) is 0 Å². The lowest BCUT2D eigenvalue weighted by Crippen LogP contribution is -2.04. The quantitative estimate of drug-likeness (QED) is 0.772. The minimum atomic E-state index is -1.11. The zero-order chi connectivity index (χ0) is 10.1. The van der Waals surface area contributed by atoms with Crippen LogP contribution in [-0.2, 0) is 15.5 Å². The number of hydrogen-bond acceptors (Lipinski definition) is 2. The zero-order valence-electron chi connectivity index (χ0n) is 7.20. The highest BCUT2D eigenvalue weighted by atomic mass is 35.5. The predicted octanol–water partition coefficient (Wildman–Crippen LogP) is 2.50. The number of benzene rings is 1. The second kappa shape index (κ2) is 4.19. The average Bonchev–Trinajstić information content (AvgIpc) is 2.93. The van der Waals surface area contributed by atoms with Crippen molar-refractivity contribution < 1.29 is 8.95 Å². The molecule has 5 heteroatoms. The lowest BCUT2D eigenvalue weighted by Gasteiger charge is -2.03. The van der Waals surface area contributed by atoms with Gasteiger partial charge in [-0.3, -0.25) is 4.21 Å². The highest BCUT2D eigenvalue weighted by molar-refractivity contribution is 7.85. The van der Waals surface area contributed by atoms with Gasteiger partial charge in [-0.25, -0.2) is 0 Å². The molecule has 1 aliphatic heterocycles. The Kier molecular flexibility index (Phi) is 3.12. The fraction of sp³-hybridized carbons (Fsp3) is 0.333. The normalized spacial score (nSPS) is 22.0. The molecule has 1 aromatic rings. The van der Waals surface area contributed by atoms with E-state index in [0.717, 1.165) is 0 Å². The van der Waals surface area contributed by atoms with Gasteiger partial charge in [-0.15, -0.1) is 0 Å². The fourth-order valence-corrected chi connectivity index (χ4v) is 2.94. The van der Waals surface area contributed by atoms with Crippen molar-refractivity contribution in [1.29, 1.82) is 0 Å². The summed E-state index contributed by atoms with van der Waals surface area (Å²) in [5.41, 5.74) is 0. The van der Waals surface area contributed by atoms with Crippen molar-refractivity contribution in [3.63, 3.8) is 0 Å². The maximum Gasteiger partial charge on any atom is 0.0928 e. The SMILES string of the molecule is O=S(CC1CO1)c1cc(Cl)ccc1Cl. The third kappa shape index (κ3) is 2.48. The molecule has 14 heavy (non-hydrogen) atoms. The van der Waals surface area contributed by atoms with E-state index < -0.39 is 10.8 Å². The Morgan fingerprint density at radius 1 is 1.50 bits per heavy atom. The molecule has 0 aliphatic carbocycles. The van der Waals surface area contributed by atoms with E-state index in [2.05, 4.69) is 0 Å². The summed E-state index contributed by atoms with van der Waals surface area (Å²) in [6, 6.07) is 4.98. The maximum atomic E-state index is 11.8.